The molecule has 3 N–H and O–H groups in total. The summed E-state index contributed by atoms with van der Waals surface area (Å²) in [7, 11) is 0. The molecule has 0 bridgehead atoms. The second-order valence-electron chi connectivity index (χ2n) is 6.49. The normalized spacial score (nSPS) is 12.2. The van der Waals surface area contributed by atoms with E-state index in [1.165, 1.54) is 38.1 Å². The molecule has 1 aromatic heterocycles. The van der Waals surface area contributed by atoms with Gasteiger partial charge >= 0.3 is 6.61 Å². The first-order chi connectivity index (χ1) is 14.5. The first-order valence-electron chi connectivity index (χ1n) is 9.09. The molecule has 7 nitrogen and oxygen atoms in total. The van der Waals surface area contributed by atoms with E-state index in [0.717, 1.165) is 18.3 Å². The Bertz CT molecular complexity index is 952. The number of hydrogen-bond donors (Lipinski definition) is 3. The fraction of sp³-hybridized carbons (Fsp3) is 0.300. The smallest absolute Gasteiger partial charge is 0.387 e. The third kappa shape index (κ3) is 6.49. The number of benzene rings is 1. The van der Waals surface area contributed by atoms with Crippen molar-refractivity contribution in [3.8, 4) is 5.75 Å². The van der Waals surface area contributed by atoms with E-state index >= 15 is 0 Å². The van der Waals surface area contributed by atoms with Gasteiger partial charge < -0.3 is 20.8 Å². The Hall–Kier alpha value is -3.50. The average Bonchev–Trinajstić information content (AvgIpc) is 2.69. The fourth-order valence-corrected chi connectivity index (χ4v) is 2.58. The van der Waals surface area contributed by atoms with Crippen LogP contribution >= 0.6 is 0 Å². The lowest BCUT2D eigenvalue weighted by molar-refractivity contribution is -0.126. The standard InChI is InChI=1S/C20H20F4N4O3/c1-3-20(23,24)12-8-9-26-15(10-12)28-18(30)16(11(2)25)17(29)27-13-4-6-14(7-5-13)31-19(21)22/h4-10,16,19,25H,3H2,1-2H3,(H,27,29)(H,26,28,30). The maximum atomic E-state index is 13.9. The number of hydrogen-bond acceptors (Lipinski definition) is 5. The molecule has 2 aromatic rings. The van der Waals surface area contributed by atoms with E-state index in [2.05, 4.69) is 20.4 Å². The highest BCUT2D eigenvalue weighted by atomic mass is 19.3. The van der Waals surface area contributed by atoms with Crippen LogP contribution in [0.1, 0.15) is 25.8 Å². The van der Waals surface area contributed by atoms with E-state index in [1.54, 1.807) is 0 Å². The maximum absolute atomic E-state index is 13.9. The van der Waals surface area contributed by atoms with Crippen molar-refractivity contribution in [3.63, 3.8) is 0 Å². The number of carbonyl (C=O) groups is 2. The summed E-state index contributed by atoms with van der Waals surface area (Å²) in [6.07, 6.45) is 0.653. The Labute approximate surface area is 175 Å². The Kier molecular flexibility index (Phi) is 7.67. The topological polar surface area (TPSA) is 104 Å². The molecule has 1 atom stereocenters. The zero-order valence-electron chi connectivity index (χ0n) is 16.6. The van der Waals surface area contributed by atoms with Crippen molar-refractivity contribution in [2.75, 3.05) is 10.6 Å². The highest BCUT2D eigenvalue weighted by molar-refractivity contribution is 6.24. The summed E-state index contributed by atoms with van der Waals surface area (Å²) in [6, 6.07) is 7.06. The number of aromatic nitrogens is 1. The molecule has 1 aromatic carbocycles. The lowest BCUT2D eigenvalue weighted by Gasteiger charge is -2.17. The number of nitrogens with zero attached hydrogens (tertiary/aromatic N) is 1. The van der Waals surface area contributed by atoms with Crippen LogP contribution in [-0.4, -0.2) is 29.1 Å². The molecule has 0 aliphatic carbocycles. The molecule has 0 fully saturated rings. The molecular weight excluding hydrogens is 420 g/mol. The minimum Gasteiger partial charge on any atom is -0.435 e. The number of nitrogens with one attached hydrogen (secondary N) is 3. The average molecular weight is 440 g/mol. The van der Waals surface area contributed by atoms with Gasteiger partial charge in [-0.1, -0.05) is 6.92 Å². The summed E-state index contributed by atoms with van der Waals surface area (Å²) in [4.78, 5) is 28.9. The Morgan fingerprint density at radius 2 is 1.74 bits per heavy atom. The van der Waals surface area contributed by atoms with Gasteiger partial charge in [0.1, 0.15) is 11.6 Å². The lowest BCUT2D eigenvalue weighted by atomic mass is 10.0. The van der Waals surface area contributed by atoms with Crippen LogP contribution in [0.5, 0.6) is 5.75 Å². The van der Waals surface area contributed by atoms with Crippen LogP contribution in [0, 0.1) is 11.3 Å². The zero-order chi connectivity index (χ0) is 23.2. The third-order valence-electron chi connectivity index (χ3n) is 4.18. The van der Waals surface area contributed by atoms with Gasteiger partial charge in [0.25, 0.3) is 5.92 Å². The van der Waals surface area contributed by atoms with E-state index in [1.807, 2.05) is 0 Å². The summed E-state index contributed by atoms with van der Waals surface area (Å²) in [5.74, 6) is -6.82. The largest absolute Gasteiger partial charge is 0.435 e. The summed E-state index contributed by atoms with van der Waals surface area (Å²) >= 11 is 0. The number of anilines is 2. The minimum atomic E-state index is -3.11. The van der Waals surface area contributed by atoms with Gasteiger partial charge in [-0.05, 0) is 43.3 Å². The number of amides is 2. The number of carbonyl (C=O) groups excluding carboxylic acids is 2. The molecule has 31 heavy (non-hydrogen) atoms. The summed E-state index contributed by atoms with van der Waals surface area (Å²) in [5.41, 5.74) is -0.477. The maximum Gasteiger partial charge on any atom is 0.387 e. The lowest BCUT2D eigenvalue weighted by Crippen LogP contribution is -2.38. The first kappa shape index (κ1) is 23.8. The van der Waals surface area contributed by atoms with Crippen molar-refractivity contribution >= 4 is 29.0 Å². The van der Waals surface area contributed by atoms with E-state index < -0.39 is 36.7 Å². The molecule has 0 saturated heterocycles. The van der Waals surface area contributed by atoms with Crippen LogP contribution in [0.2, 0.25) is 0 Å². The van der Waals surface area contributed by atoms with E-state index in [0.29, 0.717) is 0 Å². The van der Waals surface area contributed by atoms with Crippen LogP contribution in [0.25, 0.3) is 0 Å². The van der Waals surface area contributed by atoms with Gasteiger partial charge in [-0.2, -0.15) is 8.78 Å². The first-order valence-corrected chi connectivity index (χ1v) is 9.09. The molecular formula is C20H20F4N4O3. The summed E-state index contributed by atoms with van der Waals surface area (Å²) in [6.45, 7) is -0.458. The van der Waals surface area contributed by atoms with Gasteiger partial charge in [-0.15, -0.1) is 0 Å². The van der Waals surface area contributed by atoms with Crippen LogP contribution in [0.15, 0.2) is 42.6 Å². The Balaban J connectivity index is 2.12. The van der Waals surface area contributed by atoms with Gasteiger partial charge in [0.05, 0.1) is 0 Å². The van der Waals surface area contributed by atoms with Crippen LogP contribution in [-0.2, 0) is 15.5 Å². The molecule has 2 amide bonds. The molecule has 0 aliphatic rings. The molecule has 2 rings (SSSR count). The molecule has 0 saturated carbocycles. The van der Waals surface area contributed by atoms with Crippen molar-refractivity contribution in [1.82, 2.24) is 4.98 Å². The molecule has 1 heterocycles. The van der Waals surface area contributed by atoms with Crippen molar-refractivity contribution < 1.29 is 31.9 Å². The van der Waals surface area contributed by atoms with Crippen molar-refractivity contribution in [2.24, 2.45) is 5.92 Å². The van der Waals surface area contributed by atoms with Crippen LogP contribution in [0.4, 0.5) is 29.1 Å². The molecule has 166 valence electrons. The van der Waals surface area contributed by atoms with Gasteiger partial charge in [0.15, 0.2) is 5.92 Å². The van der Waals surface area contributed by atoms with E-state index in [9.17, 15) is 27.2 Å². The number of halogens is 4. The fourth-order valence-electron chi connectivity index (χ4n) is 2.58. The molecule has 11 heteroatoms. The number of pyridine rings is 1. The molecule has 0 spiro atoms. The van der Waals surface area contributed by atoms with Crippen LogP contribution in [0.3, 0.4) is 0 Å². The second-order valence-corrected chi connectivity index (χ2v) is 6.49. The highest BCUT2D eigenvalue weighted by Crippen LogP contribution is 2.32. The number of alkyl halides is 4. The zero-order valence-corrected chi connectivity index (χ0v) is 16.6. The molecule has 0 radical (unpaired) electrons. The summed E-state index contributed by atoms with van der Waals surface area (Å²) < 4.78 is 56.3. The van der Waals surface area contributed by atoms with Crippen LogP contribution < -0.4 is 15.4 Å². The predicted molar refractivity (Wildman–Crippen MR) is 106 cm³/mol. The van der Waals surface area contributed by atoms with E-state index in [-0.39, 0.29) is 28.5 Å². The quantitative estimate of drug-likeness (QED) is 0.305. The highest BCUT2D eigenvalue weighted by Gasteiger charge is 2.31. The minimum absolute atomic E-state index is 0.125. The summed E-state index contributed by atoms with van der Waals surface area (Å²) in [5, 5.41) is 12.4. The van der Waals surface area contributed by atoms with Gasteiger partial charge in [-0.3, -0.25) is 9.59 Å². The Morgan fingerprint density at radius 3 is 2.29 bits per heavy atom. The van der Waals surface area contributed by atoms with E-state index in [4.69, 9.17) is 5.41 Å². The second kappa shape index (κ2) is 10.0. The monoisotopic (exact) mass is 440 g/mol. The number of rotatable bonds is 9. The Morgan fingerprint density at radius 1 is 1.13 bits per heavy atom. The van der Waals surface area contributed by atoms with Crippen molar-refractivity contribution in [1.29, 1.82) is 5.41 Å². The molecule has 0 aliphatic heterocycles. The molecule has 1 unspecified atom stereocenters. The van der Waals surface area contributed by atoms with Gasteiger partial charge in [0, 0.05) is 29.6 Å². The number of ether oxygens (including phenoxy) is 1. The van der Waals surface area contributed by atoms with Crippen molar-refractivity contribution in [2.45, 2.75) is 32.8 Å². The van der Waals surface area contributed by atoms with Gasteiger partial charge in [-0.25, -0.2) is 13.8 Å². The third-order valence-corrected chi connectivity index (χ3v) is 4.18. The predicted octanol–water partition coefficient (Wildman–Crippen LogP) is 4.42. The SMILES string of the molecule is CCC(F)(F)c1ccnc(NC(=O)C(C(C)=N)C(=O)Nc2ccc(OC(F)F)cc2)c1. The van der Waals surface area contributed by atoms with Gasteiger partial charge in [0.2, 0.25) is 11.8 Å². The van der Waals surface area contributed by atoms with Crippen molar-refractivity contribution in [3.05, 3.63) is 48.2 Å².